The minimum atomic E-state index is 0.353. The van der Waals surface area contributed by atoms with Crippen LogP contribution in [0, 0.1) is 5.92 Å². The van der Waals surface area contributed by atoms with Crippen LogP contribution in [0.2, 0.25) is 0 Å². The zero-order chi connectivity index (χ0) is 14.8. The Balaban J connectivity index is 2.36. The molecule has 0 saturated carbocycles. The lowest BCUT2D eigenvalue weighted by molar-refractivity contribution is 0.143. The van der Waals surface area contributed by atoms with E-state index in [0.717, 1.165) is 18.0 Å². The molecule has 20 heavy (non-hydrogen) atoms. The van der Waals surface area contributed by atoms with Gasteiger partial charge >= 0.3 is 0 Å². The second-order valence-corrected chi connectivity index (χ2v) is 4.99. The summed E-state index contributed by atoms with van der Waals surface area (Å²) in [6.07, 6.45) is 0. The molecule has 1 N–H and O–H groups in total. The molecule has 1 aromatic carbocycles. The van der Waals surface area contributed by atoms with E-state index >= 15 is 0 Å². The first-order chi connectivity index (χ1) is 9.69. The highest BCUT2D eigenvalue weighted by molar-refractivity contribution is 5.39. The molecule has 0 heterocycles. The summed E-state index contributed by atoms with van der Waals surface area (Å²) < 4.78 is 16.5. The molecule has 0 bridgehead atoms. The minimum absolute atomic E-state index is 0.353. The first-order valence-electron chi connectivity index (χ1n) is 7.26. The van der Waals surface area contributed by atoms with Gasteiger partial charge in [-0.25, -0.2) is 0 Å². The fourth-order valence-electron chi connectivity index (χ4n) is 1.92. The molecule has 0 aliphatic rings. The largest absolute Gasteiger partial charge is 0.490 e. The molecular formula is C16H27NO3. The fraction of sp³-hybridized carbons (Fsp3) is 0.625. The Bertz CT molecular complexity index is 368. The zero-order valence-corrected chi connectivity index (χ0v) is 13.0. The molecule has 1 atom stereocenters. The fourth-order valence-corrected chi connectivity index (χ4v) is 1.92. The van der Waals surface area contributed by atoms with Gasteiger partial charge in [0.15, 0.2) is 11.5 Å². The second-order valence-electron chi connectivity index (χ2n) is 4.99. The summed E-state index contributed by atoms with van der Waals surface area (Å²) in [7, 11) is 1.73. The molecule has 1 unspecified atom stereocenters. The molecule has 0 aromatic heterocycles. The third-order valence-electron chi connectivity index (χ3n) is 3.07. The summed E-state index contributed by atoms with van der Waals surface area (Å²) in [5, 5.41) is 3.45. The van der Waals surface area contributed by atoms with E-state index in [9.17, 15) is 0 Å². The molecule has 1 rings (SSSR count). The predicted molar refractivity (Wildman–Crippen MR) is 81.6 cm³/mol. The summed E-state index contributed by atoms with van der Waals surface area (Å²) in [5.41, 5.74) is 0. The van der Waals surface area contributed by atoms with Gasteiger partial charge in [0.2, 0.25) is 0 Å². The number of benzene rings is 1. The van der Waals surface area contributed by atoms with Gasteiger partial charge in [0.05, 0.1) is 13.2 Å². The van der Waals surface area contributed by atoms with Gasteiger partial charge in [-0.1, -0.05) is 26.0 Å². The van der Waals surface area contributed by atoms with Gasteiger partial charge in [0.25, 0.3) is 0 Å². The van der Waals surface area contributed by atoms with Crippen molar-refractivity contribution in [3.05, 3.63) is 24.3 Å². The highest BCUT2D eigenvalue weighted by atomic mass is 16.5. The molecular weight excluding hydrogens is 254 g/mol. The molecule has 0 saturated heterocycles. The van der Waals surface area contributed by atoms with Crippen LogP contribution in [-0.4, -0.2) is 39.5 Å². The highest BCUT2D eigenvalue weighted by Gasteiger charge is 2.12. The number of hydrogen-bond acceptors (Lipinski definition) is 4. The van der Waals surface area contributed by atoms with Crippen LogP contribution in [-0.2, 0) is 4.74 Å². The van der Waals surface area contributed by atoms with Gasteiger partial charge in [-0.05, 0) is 25.0 Å². The third-order valence-corrected chi connectivity index (χ3v) is 3.07. The summed E-state index contributed by atoms with van der Waals surface area (Å²) in [6.45, 7) is 9.08. The van der Waals surface area contributed by atoms with E-state index in [0.29, 0.717) is 31.8 Å². The number of nitrogens with one attached hydrogen (secondary N) is 1. The van der Waals surface area contributed by atoms with E-state index < -0.39 is 0 Å². The van der Waals surface area contributed by atoms with E-state index in [1.807, 2.05) is 31.2 Å². The van der Waals surface area contributed by atoms with E-state index in [2.05, 4.69) is 19.2 Å². The Morgan fingerprint density at radius 2 is 1.75 bits per heavy atom. The van der Waals surface area contributed by atoms with Crippen LogP contribution in [0.3, 0.4) is 0 Å². The summed E-state index contributed by atoms with van der Waals surface area (Å²) in [5.74, 6) is 2.13. The number of hydrogen-bond donors (Lipinski definition) is 1. The molecule has 4 nitrogen and oxygen atoms in total. The van der Waals surface area contributed by atoms with Crippen molar-refractivity contribution in [1.82, 2.24) is 5.32 Å². The number of methoxy groups -OCH3 is 1. The molecule has 1 aromatic rings. The van der Waals surface area contributed by atoms with Gasteiger partial charge in [-0.3, -0.25) is 0 Å². The Labute approximate surface area is 122 Å². The van der Waals surface area contributed by atoms with Crippen molar-refractivity contribution in [2.24, 2.45) is 5.92 Å². The molecule has 0 aliphatic carbocycles. The molecule has 4 heteroatoms. The lowest BCUT2D eigenvalue weighted by atomic mass is 10.1. The van der Waals surface area contributed by atoms with E-state index in [1.165, 1.54) is 0 Å². The molecule has 114 valence electrons. The Kier molecular flexibility index (Phi) is 8.07. The van der Waals surface area contributed by atoms with Gasteiger partial charge < -0.3 is 19.5 Å². The maximum Gasteiger partial charge on any atom is 0.161 e. The minimum Gasteiger partial charge on any atom is -0.490 e. The van der Waals surface area contributed by atoms with Crippen molar-refractivity contribution in [3.63, 3.8) is 0 Å². The van der Waals surface area contributed by atoms with Crippen LogP contribution < -0.4 is 14.8 Å². The van der Waals surface area contributed by atoms with Crippen LogP contribution in [0.25, 0.3) is 0 Å². The lowest BCUT2D eigenvalue weighted by Gasteiger charge is -2.21. The van der Waals surface area contributed by atoms with Crippen LogP contribution >= 0.6 is 0 Å². The van der Waals surface area contributed by atoms with Crippen molar-refractivity contribution >= 4 is 0 Å². The van der Waals surface area contributed by atoms with Crippen molar-refractivity contribution in [3.8, 4) is 11.5 Å². The Morgan fingerprint density at radius 3 is 2.30 bits per heavy atom. The van der Waals surface area contributed by atoms with E-state index in [1.54, 1.807) is 7.11 Å². The number of rotatable bonds is 10. The third kappa shape index (κ3) is 5.80. The van der Waals surface area contributed by atoms with Crippen molar-refractivity contribution in [2.75, 3.05) is 33.5 Å². The standard InChI is InChI=1S/C16H27NO3/c1-5-19-15-8-6-7-9-16(15)20-11-10-17-14(12-18-4)13(2)3/h6-9,13-14,17H,5,10-12H2,1-4H3. The molecule has 0 spiro atoms. The maximum atomic E-state index is 5.77. The summed E-state index contributed by atoms with van der Waals surface area (Å²) >= 11 is 0. The lowest BCUT2D eigenvalue weighted by Crippen LogP contribution is -2.39. The van der Waals surface area contributed by atoms with Crippen LogP contribution in [0.4, 0.5) is 0 Å². The zero-order valence-electron chi connectivity index (χ0n) is 13.0. The van der Waals surface area contributed by atoms with Gasteiger partial charge in [0, 0.05) is 19.7 Å². The summed E-state index contributed by atoms with van der Waals surface area (Å²) in [6, 6.07) is 8.11. The first kappa shape index (κ1) is 16.8. The highest BCUT2D eigenvalue weighted by Crippen LogP contribution is 2.26. The van der Waals surface area contributed by atoms with Crippen molar-refractivity contribution in [2.45, 2.75) is 26.8 Å². The predicted octanol–water partition coefficient (Wildman–Crippen LogP) is 2.72. The van der Waals surface area contributed by atoms with E-state index in [-0.39, 0.29) is 0 Å². The van der Waals surface area contributed by atoms with Crippen LogP contribution in [0.15, 0.2) is 24.3 Å². The average Bonchev–Trinajstić information content (AvgIpc) is 2.44. The molecule has 0 aliphatic heterocycles. The number of para-hydroxylation sites is 2. The van der Waals surface area contributed by atoms with Crippen LogP contribution in [0.5, 0.6) is 11.5 Å². The average molecular weight is 281 g/mol. The SMILES string of the molecule is CCOc1ccccc1OCCNC(COC)C(C)C. The quantitative estimate of drug-likeness (QED) is 0.669. The van der Waals surface area contributed by atoms with Crippen molar-refractivity contribution in [1.29, 1.82) is 0 Å². The topological polar surface area (TPSA) is 39.7 Å². The molecule has 0 radical (unpaired) electrons. The molecule has 0 amide bonds. The first-order valence-corrected chi connectivity index (χ1v) is 7.26. The Morgan fingerprint density at radius 1 is 1.10 bits per heavy atom. The monoisotopic (exact) mass is 281 g/mol. The van der Waals surface area contributed by atoms with Gasteiger partial charge in [-0.15, -0.1) is 0 Å². The van der Waals surface area contributed by atoms with Gasteiger partial charge in [-0.2, -0.15) is 0 Å². The van der Waals surface area contributed by atoms with Crippen molar-refractivity contribution < 1.29 is 14.2 Å². The van der Waals surface area contributed by atoms with Crippen LogP contribution in [0.1, 0.15) is 20.8 Å². The smallest absolute Gasteiger partial charge is 0.161 e. The normalized spacial score (nSPS) is 12.4. The van der Waals surface area contributed by atoms with E-state index in [4.69, 9.17) is 14.2 Å². The summed E-state index contributed by atoms with van der Waals surface area (Å²) in [4.78, 5) is 0. The second kappa shape index (κ2) is 9.61. The Hall–Kier alpha value is -1.26. The number of ether oxygens (including phenoxy) is 3. The molecule has 0 fully saturated rings. The van der Waals surface area contributed by atoms with Gasteiger partial charge in [0.1, 0.15) is 6.61 Å². The maximum absolute atomic E-state index is 5.77.